The van der Waals surface area contributed by atoms with Crippen LogP contribution in [0.1, 0.15) is 45.4 Å². The highest BCUT2D eigenvalue weighted by Gasteiger charge is 2.28. The molecule has 0 spiro atoms. The van der Waals surface area contributed by atoms with Gasteiger partial charge in [0.15, 0.2) is 0 Å². The molecular formula is C15H27N3O3. The lowest BCUT2D eigenvalue weighted by molar-refractivity contribution is -0.143. The maximum absolute atomic E-state index is 11.9. The summed E-state index contributed by atoms with van der Waals surface area (Å²) in [5.41, 5.74) is 0. The van der Waals surface area contributed by atoms with Crippen LogP contribution in [0.2, 0.25) is 0 Å². The molecule has 2 aliphatic carbocycles. The van der Waals surface area contributed by atoms with E-state index in [0.717, 1.165) is 38.4 Å². The highest BCUT2D eigenvalue weighted by molar-refractivity contribution is 5.74. The maximum atomic E-state index is 11.9. The second-order valence-electron chi connectivity index (χ2n) is 6.16. The van der Waals surface area contributed by atoms with Crippen molar-refractivity contribution in [3.63, 3.8) is 0 Å². The van der Waals surface area contributed by atoms with Crippen LogP contribution in [0.3, 0.4) is 0 Å². The third-order valence-electron chi connectivity index (χ3n) is 4.51. The Morgan fingerprint density at radius 3 is 2.62 bits per heavy atom. The Labute approximate surface area is 126 Å². The number of aliphatic carboxylic acids is 1. The molecule has 0 aromatic carbocycles. The minimum atomic E-state index is -0.745. The summed E-state index contributed by atoms with van der Waals surface area (Å²) >= 11 is 0. The van der Waals surface area contributed by atoms with E-state index in [9.17, 15) is 9.59 Å². The molecule has 0 saturated heterocycles. The number of hydrogen-bond donors (Lipinski definition) is 3. The third kappa shape index (κ3) is 5.19. The fourth-order valence-corrected chi connectivity index (χ4v) is 3.13. The number of carbonyl (C=O) groups excluding carboxylic acids is 1. The first-order valence-electron chi connectivity index (χ1n) is 8.11. The number of urea groups is 1. The van der Waals surface area contributed by atoms with Gasteiger partial charge in [0.05, 0.1) is 5.92 Å². The van der Waals surface area contributed by atoms with E-state index in [-0.39, 0.29) is 18.0 Å². The summed E-state index contributed by atoms with van der Waals surface area (Å²) in [5, 5.41) is 14.8. The van der Waals surface area contributed by atoms with Crippen LogP contribution in [0.25, 0.3) is 0 Å². The van der Waals surface area contributed by atoms with Gasteiger partial charge in [-0.3, -0.25) is 9.69 Å². The number of rotatable bonds is 7. The van der Waals surface area contributed by atoms with E-state index < -0.39 is 5.97 Å². The number of carbonyl (C=O) groups is 2. The van der Waals surface area contributed by atoms with Gasteiger partial charge >= 0.3 is 12.0 Å². The zero-order valence-corrected chi connectivity index (χ0v) is 12.8. The van der Waals surface area contributed by atoms with Crippen molar-refractivity contribution in [2.45, 2.75) is 57.5 Å². The molecule has 2 saturated carbocycles. The van der Waals surface area contributed by atoms with E-state index in [2.05, 4.69) is 22.5 Å². The van der Waals surface area contributed by atoms with Crippen LogP contribution >= 0.6 is 0 Å². The van der Waals surface area contributed by atoms with E-state index in [1.54, 1.807) is 0 Å². The van der Waals surface area contributed by atoms with Gasteiger partial charge in [-0.2, -0.15) is 0 Å². The van der Waals surface area contributed by atoms with Gasteiger partial charge in [-0.25, -0.2) is 4.79 Å². The fourth-order valence-electron chi connectivity index (χ4n) is 3.13. The molecule has 2 fully saturated rings. The Balaban J connectivity index is 1.63. The second-order valence-corrected chi connectivity index (χ2v) is 6.16. The molecule has 6 nitrogen and oxygen atoms in total. The predicted molar refractivity (Wildman–Crippen MR) is 80.2 cm³/mol. The molecule has 0 aromatic rings. The summed E-state index contributed by atoms with van der Waals surface area (Å²) < 4.78 is 0. The van der Waals surface area contributed by atoms with E-state index in [0.29, 0.717) is 13.0 Å². The molecule has 21 heavy (non-hydrogen) atoms. The predicted octanol–water partition coefficient (Wildman–Crippen LogP) is 1.41. The van der Waals surface area contributed by atoms with Crippen LogP contribution < -0.4 is 10.6 Å². The minimum Gasteiger partial charge on any atom is -0.481 e. The molecular weight excluding hydrogens is 270 g/mol. The van der Waals surface area contributed by atoms with Crippen LogP contribution in [-0.2, 0) is 4.79 Å². The molecule has 2 atom stereocenters. The molecule has 2 unspecified atom stereocenters. The average molecular weight is 297 g/mol. The van der Waals surface area contributed by atoms with Crippen LogP contribution in [0.15, 0.2) is 0 Å². The van der Waals surface area contributed by atoms with Crippen molar-refractivity contribution >= 4 is 12.0 Å². The third-order valence-corrected chi connectivity index (χ3v) is 4.51. The molecule has 0 radical (unpaired) electrons. The fraction of sp³-hybridized carbons (Fsp3) is 0.867. The van der Waals surface area contributed by atoms with Crippen LogP contribution in [0.5, 0.6) is 0 Å². The SMILES string of the molecule is CCN(CCNC(=O)NC1CCCC(C(=O)O)C1)C1CC1. The lowest BCUT2D eigenvalue weighted by atomic mass is 9.86. The van der Waals surface area contributed by atoms with Gasteiger partial charge in [-0.15, -0.1) is 0 Å². The Morgan fingerprint density at radius 2 is 2.00 bits per heavy atom. The summed E-state index contributed by atoms with van der Waals surface area (Å²) in [7, 11) is 0. The molecule has 0 bridgehead atoms. The first-order chi connectivity index (χ1) is 10.1. The Hall–Kier alpha value is -1.30. The smallest absolute Gasteiger partial charge is 0.315 e. The lowest BCUT2D eigenvalue weighted by Gasteiger charge is -2.27. The zero-order valence-electron chi connectivity index (χ0n) is 12.8. The number of carboxylic acids is 1. The van der Waals surface area contributed by atoms with Gasteiger partial charge in [0, 0.05) is 25.2 Å². The summed E-state index contributed by atoms with van der Waals surface area (Å²) in [6, 6.07) is 0.540. The first-order valence-corrected chi connectivity index (χ1v) is 8.11. The molecule has 0 aromatic heterocycles. The lowest BCUT2D eigenvalue weighted by Crippen LogP contribution is -2.46. The monoisotopic (exact) mass is 297 g/mol. The van der Waals surface area contributed by atoms with Crippen molar-refractivity contribution < 1.29 is 14.7 Å². The van der Waals surface area contributed by atoms with Crippen LogP contribution in [0, 0.1) is 5.92 Å². The summed E-state index contributed by atoms with van der Waals surface area (Å²) in [6.45, 7) is 4.70. The molecule has 0 aliphatic heterocycles. The molecule has 6 heteroatoms. The molecule has 2 rings (SSSR count). The normalized spacial score (nSPS) is 25.6. The van der Waals surface area contributed by atoms with Crippen LogP contribution in [-0.4, -0.2) is 53.7 Å². The minimum absolute atomic E-state index is 0.00874. The number of carboxylic acid groups (broad SMARTS) is 1. The van der Waals surface area contributed by atoms with Crippen molar-refractivity contribution in [1.82, 2.24) is 15.5 Å². The molecule has 0 heterocycles. The van der Waals surface area contributed by atoms with Crippen molar-refractivity contribution in [3.8, 4) is 0 Å². The molecule has 120 valence electrons. The number of nitrogens with one attached hydrogen (secondary N) is 2. The van der Waals surface area contributed by atoms with Gasteiger partial charge in [-0.05, 0) is 38.6 Å². The summed E-state index contributed by atoms with van der Waals surface area (Å²) in [5.74, 6) is -1.06. The van der Waals surface area contributed by atoms with Gasteiger partial charge in [0.1, 0.15) is 0 Å². The number of amides is 2. The van der Waals surface area contributed by atoms with E-state index in [1.165, 1.54) is 12.8 Å². The van der Waals surface area contributed by atoms with Crippen molar-refractivity contribution in [2.24, 2.45) is 5.92 Å². The first kappa shape index (κ1) is 16.1. The summed E-state index contributed by atoms with van der Waals surface area (Å²) in [4.78, 5) is 25.2. The Morgan fingerprint density at radius 1 is 1.24 bits per heavy atom. The van der Waals surface area contributed by atoms with Gasteiger partial charge in [0.2, 0.25) is 0 Å². The molecule has 3 N–H and O–H groups in total. The van der Waals surface area contributed by atoms with Gasteiger partial charge in [0.25, 0.3) is 0 Å². The van der Waals surface area contributed by atoms with Crippen molar-refractivity contribution in [1.29, 1.82) is 0 Å². The van der Waals surface area contributed by atoms with Crippen LogP contribution in [0.4, 0.5) is 4.79 Å². The second kappa shape index (κ2) is 7.64. The zero-order chi connectivity index (χ0) is 15.2. The quantitative estimate of drug-likeness (QED) is 0.663. The highest BCUT2D eigenvalue weighted by atomic mass is 16.4. The molecule has 2 aliphatic rings. The highest BCUT2D eigenvalue weighted by Crippen LogP contribution is 2.26. The topological polar surface area (TPSA) is 81.7 Å². The standard InChI is InChI=1S/C15H27N3O3/c1-2-18(13-6-7-13)9-8-16-15(21)17-12-5-3-4-11(10-12)14(19)20/h11-13H,2-10H2,1H3,(H,19,20)(H2,16,17,21). The Kier molecular flexibility index (Phi) is 5.85. The summed E-state index contributed by atoms with van der Waals surface area (Å²) in [6.07, 6.45) is 5.57. The van der Waals surface area contributed by atoms with Gasteiger partial charge in [-0.1, -0.05) is 13.3 Å². The number of likely N-dealkylation sites (N-methyl/N-ethyl adjacent to an activating group) is 1. The number of nitrogens with zero attached hydrogens (tertiary/aromatic N) is 1. The number of hydrogen-bond acceptors (Lipinski definition) is 3. The van der Waals surface area contributed by atoms with Crippen molar-refractivity contribution in [2.75, 3.05) is 19.6 Å². The van der Waals surface area contributed by atoms with E-state index in [1.807, 2.05) is 0 Å². The van der Waals surface area contributed by atoms with E-state index >= 15 is 0 Å². The average Bonchev–Trinajstić information content (AvgIpc) is 3.28. The Bertz CT molecular complexity index is 371. The molecule has 2 amide bonds. The van der Waals surface area contributed by atoms with Gasteiger partial charge < -0.3 is 15.7 Å². The van der Waals surface area contributed by atoms with Crippen molar-refractivity contribution in [3.05, 3.63) is 0 Å². The maximum Gasteiger partial charge on any atom is 0.315 e. The van der Waals surface area contributed by atoms with E-state index in [4.69, 9.17) is 5.11 Å². The largest absolute Gasteiger partial charge is 0.481 e.